The van der Waals surface area contributed by atoms with Crippen LogP contribution in [0.15, 0.2) is 18.3 Å². The molecule has 0 unspecified atom stereocenters. The molecule has 3 heteroatoms. The minimum atomic E-state index is 0.205. The summed E-state index contributed by atoms with van der Waals surface area (Å²) in [4.78, 5) is 4.06. The molecule has 0 aromatic carbocycles. The van der Waals surface area contributed by atoms with Crippen LogP contribution in [0.2, 0.25) is 5.02 Å². The first kappa shape index (κ1) is 10.3. The van der Waals surface area contributed by atoms with Crippen LogP contribution in [0.3, 0.4) is 0 Å². The third-order valence-electron chi connectivity index (χ3n) is 1.71. The lowest BCUT2D eigenvalue weighted by atomic mass is 10.2. The predicted molar refractivity (Wildman–Crippen MR) is 54.2 cm³/mol. The smallest absolute Gasteiger partial charge is 0.214 e. The summed E-state index contributed by atoms with van der Waals surface area (Å²) in [6, 6.07) is 3.46. The number of aromatic nitrogens is 1. The van der Waals surface area contributed by atoms with Gasteiger partial charge in [0.15, 0.2) is 0 Å². The van der Waals surface area contributed by atoms with Crippen LogP contribution in [0, 0.1) is 0 Å². The Morgan fingerprint density at radius 2 is 2.38 bits per heavy atom. The molecule has 0 aliphatic heterocycles. The van der Waals surface area contributed by atoms with E-state index < -0.39 is 0 Å². The summed E-state index contributed by atoms with van der Waals surface area (Å²) in [7, 11) is 0. The Balaban J connectivity index is 2.53. The highest BCUT2D eigenvalue weighted by molar-refractivity contribution is 6.30. The Hall–Kier alpha value is -0.760. The number of hydrogen-bond donors (Lipinski definition) is 0. The van der Waals surface area contributed by atoms with Crippen molar-refractivity contribution >= 4 is 11.6 Å². The molecule has 1 aromatic rings. The fourth-order valence-electron chi connectivity index (χ4n) is 1.12. The number of ether oxygens (including phenoxy) is 1. The lowest BCUT2D eigenvalue weighted by Crippen LogP contribution is -2.11. The van der Waals surface area contributed by atoms with Gasteiger partial charge in [0.1, 0.15) is 0 Å². The summed E-state index contributed by atoms with van der Waals surface area (Å²) in [5, 5.41) is 0.661. The summed E-state index contributed by atoms with van der Waals surface area (Å²) >= 11 is 5.79. The summed E-state index contributed by atoms with van der Waals surface area (Å²) in [5.41, 5.74) is 0. The van der Waals surface area contributed by atoms with Gasteiger partial charge in [-0.05, 0) is 19.4 Å². The molecule has 0 radical (unpaired) electrons. The molecule has 0 saturated heterocycles. The lowest BCUT2D eigenvalue weighted by molar-refractivity contribution is 0.201. The Morgan fingerprint density at radius 3 is 3.00 bits per heavy atom. The zero-order chi connectivity index (χ0) is 9.68. The molecule has 72 valence electrons. The van der Waals surface area contributed by atoms with E-state index >= 15 is 0 Å². The van der Waals surface area contributed by atoms with Crippen LogP contribution in [0.5, 0.6) is 5.88 Å². The number of halogens is 1. The number of hydrogen-bond acceptors (Lipinski definition) is 2. The molecule has 0 bridgehead atoms. The van der Waals surface area contributed by atoms with Gasteiger partial charge in [-0.1, -0.05) is 24.9 Å². The fraction of sp³-hybridized carbons (Fsp3) is 0.500. The molecule has 0 aliphatic carbocycles. The number of nitrogens with zero attached hydrogens (tertiary/aromatic N) is 1. The van der Waals surface area contributed by atoms with Gasteiger partial charge in [-0.2, -0.15) is 0 Å². The molecule has 0 saturated carbocycles. The fourth-order valence-corrected chi connectivity index (χ4v) is 1.27. The van der Waals surface area contributed by atoms with Crippen molar-refractivity contribution in [2.24, 2.45) is 0 Å². The maximum Gasteiger partial charge on any atom is 0.214 e. The molecule has 0 spiro atoms. The quantitative estimate of drug-likeness (QED) is 0.743. The first-order valence-electron chi connectivity index (χ1n) is 4.50. The van der Waals surface area contributed by atoms with Crippen LogP contribution in [0.25, 0.3) is 0 Å². The summed E-state index contributed by atoms with van der Waals surface area (Å²) < 4.78 is 5.54. The van der Waals surface area contributed by atoms with Gasteiger partial charge in [0.2, 0.25) is 5.88 Å². The Labute approximate surface area is 83.9 Å². The van der Waals surface area contributed by atoms with E-state index in [0.29, 0.717) is 10.9 Å². The van der Waals surface area contributed by atoms with Gasteiger partial charge in [0, 0.05) is 17.3 Å². The van der Waals surface area contributed by atoms with Crippen LogP contribution < -0.4 is 4.74 Å². The monoisotopic (exact) mass is 199 g/mol. The second kappa shape index (κ2) is 5.07. The van der Waals surface area contributed by atoms with Gasteiger partial charge in [-0.15, -0.1) is 0 Å². The van der Waals surface area contributed by atoms with Crippen molar-refractivity contribution in [2.45, 2.75) is 32.8 Å². The molecular formula is C10H14ClNO. The van der Waals surface area contributed by atoms with E-state index in [1.165, 1.54) is 0 Å². The average Bonchev–Trinajstić information content (AvgIpc) is 2.04. The van der Waals surface area contributed by atoms with Crippen molar-refractivity contribution in [3.63, 3.8) is 0 Å². The van der Waals surface area contributed by atoms with Crippen LogP contribution in [-0.4, -0.2) is 11.1 Å². The molecular weight excluding hydrogens is 186 g/mol. The minimum Gasteiger partial charge on any atom is -0.475 e. The zero-order valence-electron chi connectivity index (χ0n) is 7.96. The van der Waals surface area contributed by atoms with Gasteiger partial charge in [0.25, 0.3) is 0 Å². The van der Waals surface area contributed by atoms with Gasteiger partial charge in [-0.3, -0.25) is 0 Å². The molecule has 1 aromatic heterocycles. The molecule has 0 amide bonds. The van der Waals surface area contributed by atoms with E-state index in [1.54, 1.807) is 18.3 Å². The maximum atomic E-state index is 5.79. The SMILES string of the molecule is CCC[C@H](C)Oc1cc(Cl)ccn1. The minimum absolute atomic E-state index is 0.205. The number of rotatable bonds is 4. The predicted octanol–water partition coefficient (Wildman–Crippen LogP) is 3.30. The van der Waals surface area contributed by atoms with Crippen molar-refractivity contribution < 1.29 is 4.74 Å². The molecule has 0 fully saturated rings. The zero-order valence-corrected chi connectivity index (χ0v) is 8.71. The maximum absolute atomic E-state index is 5.79. The third kappa shape index (κ3) is 3.64. The van der Waals surface area contributed by atoms with E-state index in [1.807, 2.05) is 6.92 Å². The van der Waals surface area contributed by atoms with E-state index in [2.05, 4.69) is 11.9 Å². The second-order valence-corrected chi connectivity index (χ2v) is 3.47. The third-order valence-corrected chi connectivity index (χ3v) is 1.95. The van der Waals surface area contributed by atoms with E-state index in [0.717, 1.165) is 12.8 Å². The highest BCUT2D eigenvalue weighted by Crippen LogP contribution is 2.16. The second-order valence-electron chi connectivity index (χ2n) is 3.03. The molecule has 1 rings (SSSR count). The van der Waals surface area contributed by atoms with Gasteiger partial charge in [0.05, 0.1) is 6.10 Å². The van der Waals surface area contributed by atoms with Crippen molar-refractivity contribution in [2.75, 3.05) is 0 Å². The molecule has 1 atom stereocenters. The summed E-state index contributed by atoms with van der Waals surface area (Å²) in [6.45, 7) is 4.16. The lowest BCUT2D eigenvalue weighted by Gasteiger charge is -2.12. The highest BCUT2D eigenvalue weighted by atomic mass is 35.5. The van der Waals surface area contributed by atoms with Crippen molar-refractivity contribution in [1.82, 2.24) is 4.98 Å². The molecule has 13 heavy (non-hydrogen) atoms. The highest BCUT2D eigenvalue weighted by Gasteiger charge is 2.03. The van der Waals surface area contributed by atoms with E-state index in [9.17, 15) is 0 Å². The standard InChI is InChI=1S/C10H14ClNO/c1-3-4-8(2)13-10-7-9(11)5-6-12-10/h5-8H,3-4H2,1-2H3/t8-/m0/s1. The van der Waals surface area contributed by atoms with Crippen molar-refractivity contribution in [1.29, 1.82) is 0 Å². The Kier molecular flexibility index (Phi) is 4.03. The summed E-state index contributed by atoms with van der Waals surface area (Å²) in [6.07, 6.45) is 4.00. The van der Waals surface area contributed by atoms with Crippen LogP contribution in [-0.2, 0) is 0 Å². The van der Waals surface area contributed by atoms with E-state index in [-0.39, 0.29) is 6.10 Å². The van der Waals surface area contributed by atoms with Crippen LogP contribution in [0.1, 0.15) is 26.7 Å². The van der Waals surface area contributed by atoms with Crippen molar-refractivity contribution in [3.8, 4) is 5.88 Å². The Bertz CT molecular complexity index is 265. The van der Waals surface area contributed by atoms with Crippen molar-refractivity contribution in [3.05, 3.63) is 23.4 Å². The largest absolute Gasteiger partial charge is 0.475 e. The molecule has 2 nitrogen and oxygen atoms in total. The van der Waals surface area contributed by atoms with Gasteiger partial charge < -0.3 is 4.74 Å². The van der Waals surface area contributed by atoms with Crippen LogP contribution >= 0.6 is 11.6 Å². The first-order chi connectivity index (χ1) is 6.22. The van der Waals surface area contributed by atoms with Gasteiger partial charge >= 0.3 is 0 Å². The normalized spacial score (nSPS) is 12.5. The first-order valence-corrected chi connectivity index (χ1v) is 4.88. The summed E-state index contributed by atoms with van der Waals surface area (Å²) in [5.74, 6) is 0.605. The topological polar surface area (TPSA) is 22.1 Å². The number of pyridine rings is 1. The molecule has 0 aliphatic rings. The molecule has 1 heterocycles. The van der Waals surface area contributed by atoms with Gasteiger partial charge in [-0.25, -0.2) is 4.98 Å². The average molecular weight is 200 g/mol. The van der Waals surface area contributed by atoms with E-state index in [4.69, 9.17) is 16.3 Å². The van der Waals surface area contributed by atoms with Crippen LogP contribution in [0.4, 0.5) is 0 Å². The Morgan fingerprint density at radius 1 is 1.62 bits per heavy atom. The molecule has 0 N–H and O–H groups in total.